The van der Waals surface area contributed by atoms with Crippen molar-refractivity contribution >= 4 is 11.3 Å². The van der Waals surface area contributed by atoms with Gasteiger partial charge in [-0.3, -0.25) is 0 Å². The highest BCUT2D eigenvalue weighted by atomic mass is 32.1. The summed E-state index contributed by atoms with van der Waals surface area (Å²) in [5.74, 6) is 0. The zero-order valence-corrected chi connectivity index (χ0v) is 9.83. The standard InChI is InChI=1S/C12H15NO2S/c1-2-12(16-7-1)10-15-6-4-13-8-11-3-5-14-9-11/h1-3,5,7,9,13H,4,6,8,10H2. The van der Waals surface area contributed by atoms with E-state index in [4.69, 9.17) is 9.15 Å². The maximum Gasteiger partial charge on any atom is 0.0947 e. The number of furan rings is 1. The number of hydrogen-bond acceptors (Lipinski definition) is 4. The molecule has 0 amide bonds. The first-order valence-electron chi connectivity index (χ1n) is 5.27. The molecule has 16 heavy (non-hydrogen) atoms. The molecule has 0 aliphatic heterocycles. The van der Waals surface area contributed by atoms with Crippen LogP contribution < -0.4 is 5.32 Å². The number of rotatable bonds is 7. The van der Waals surface area contributed by atoms with Crippen LogP contribution in [0.5, 0.6) is 0 Å². The fraction of sp³-hybridized carbons (Fsp3) is 0.333. The van der Waals surface area contributed by atoms with E-state index in [0.29, 0.717) is 6.61 Å². The molecule has 0 aromatic carbocycles. The summed E-state index contributed by atoms with van der Waals surface area (Å²) in [5, 5.41) is 5.35. The van der Waals surface area contributed by atoms with Gasteiger partial charge in [0.2, 0.25) is 0 Å². The highest BCUT2D eigenvalue weighted by Crippen LogP contribution is 2.09. The van der Waals surface area contributed by atoms with Gasteiger partial charge in [0.1, 0.15) is 0 Å². The molecule has 0 aliphatic rings. The second kappa shape index (κ2) is 6.48. The summed E-state index contributed by atoms with van der Waals surface area (Å²) in [5.41, 5.74) is 1.17. The van der Waals surface area contributed by atoms with Gasteiger partial charge in [-0.15, -0.1) is 11.3 Å². The van der Waals surface area contributed by atoms with Crippen LogP contribution in [0.1, 0.15) is 10.4 Å². The van der Waals surface area contributed by atoms with Gasteiger partial charge in [0.15, 0.2) is 0 Å². The number of ether oxygens (including phenoxy) is 1. The molecule has 2 heterocycles. The Morgan fingerprint density at radius 2 is 2.38 bits per heavy atom. The molecule has 0 spiro atoms. The first-order chi connectivity index (χ1) is 7.95. The Bertz CT molecular complexity index is 331. The summed E-state index contributed by atoms with van der Waals surface area (Å²) in [4.78, 5) is 1.27. The van der Waals surface area contributed by atoms with E-state index in [1.807, 2.05) is 12.1 Å². The quantitative estimate of drug-likeness (QED) is 0.752. The third-order valence-corrected chi connectivity index (χ3v) is 3.01. The van der Waals surface area contributed by atoms with E-state index in [1.165, 1.54) is 10.4 Å². The van der Waals surface area contributed by atoms with E-state index in [0.717, 1.165) is 19.7 Å². The monoisotopic (exact) mass is 237 g/mol. The van der Waals surface area contributed by atoms with Crippen molar-refractivity contribution in [2.75, 3.05) is 13.2 Å². The van der Waals surface area contributed by atoms with Gasteiger partial charge < -0.3 is 14.5 Å². The second-order valence-corrected chi connectivity index (χ2v) is 4.47. The Kier molecular flexibility index (Phi) is 4.61. The molecule has 1 N–H and O–H groups in total. The smallest absolute Gasteiger partial charge is 0.0947 e. The van der Waals surface area contributed by atoms with Crippen molar-refractivity contribution in [2.24, 2.45) is 0 Å². The SMILES string of the molecule is c1csc(COCCNCc2ccoc2)c1. The minimum atomic E-state index is 0.713. The van der Waals surface area contributed by atoms with E-state index in [2.05, 4.69) is 16.8 Å². The molecule has 0 unspecified atom stereocenters. The lowest BCUT2D eigenvalue weighted by Gasteiger charge is -2.03. The Morgan fingerprint density at radius 1 is 1.38 bits per heavy atom. The van der Waals surface area contributed by atoms with Crippen LogP contribution in [-0.2, 0) is 17.9 Å². The van der Waals surface area contributed by atoms with E-state index >= 15 is 0 Å². The van der Waals surface area contributed by atoms with Crippen LogP contribution in [0.3, 0.4) is 0 Å². The zero-order chi connectivity index (χ0) is 11.1. The molecular weight excluding hydrogens is 222 g/mol. The van der Waals surface area contributed by atoms with Crippen molar-refractivity contribution in [1.82, 2.24) is 5.32 Å². The Labute approximate surface area is 99.0 Å². The molecule has 2 aromatic heterocycles. The molecule has 2 aromatic rings. The van der Waals surface area contributed by atoms with Crippen LogP contribution in [0.15, 0.2) is 40.5 Å². The van der Waals surface area contributed by atoms with E-state index < -0.39 is 0 Å². The fourth-order valence-electron chi connectivity index (χ4n) is 1.34. The van der Waals surface area contributed by atoms with E-state index in [9.17, 15) is 0 Å². The third kappa shape index (κ3) is 3.81. The largest absolute Gasteiger partial charge is 0.472 e. The molecule has 0 saturated carbocycles. The highest BCUT2D eigenvalue weighted by molar-refractivity contribution is 7.09. The maximum atomic E-state index is 5.52. The second-order valence-electron chi connectivity index (χ2n) is 3.44. The number of nitrogens with one attached hydrogen (secondary N) is 1. The average Bonchev–Trinajstić information content (AvgIpc) is 2.96. The summed E-state index contributed by atoms with van der Waals surface area (Å²) in [6.07, 6.45) is 3.43. The first kappa shape index (κ1) is 11.4. The Morgan fingerprint density at radius 3 is 3.12 bits per heavy atom. The summed E-state index contributed by atoms with van der Waals surface area (Å²) in [6, 6.07) is 6.09. The molecule has 3 nitrogen and oxygen atoms in total. The summed E-state index contributed by atoms with van der Waals surface area (Å²) in [7, 11) is 0. The Hall–Kier alpha value is -1.10. The summed E-state index contributed by atoms with van der Waals surface area (Å²) >= 11 is 1.73. The van der Waals surface area contributed by atoms with Gasteiger partial charge in [-0.25, -0.2) is 0 Å². The molecule has 0 saturated heterocycles. The topological polar surface area (TPSA) is 34.4 Å². The van der Waals surface area contributed by atoms with Crippen molar-refractivity contribution in [3.63, 3.8) is 0 Å². The van der Waals surface area contributed by atoms with Crippen LogP contribution in [0, 0.1) is 0 Å². The highest BCUT2D eigenvalue weighted by Gasteiger charge is 1.95. The molecule has 2 rings (SSSR count). The van der Waals surface area contributed by atoms with Gasteiger partial charge >= 0.3 is 0 Å². The number of hydrogen-bond donors (Lipinski definition) is 1. The van der Waals surface area contributed by atoms with Crippen molar-refractivity contribution < 1.29 is 9.15 Å². The number of thiophene rings is 1. The van der Waals surface area contributed by atoms with Crippen LogP contribution in [0.25, 0.3) is 0 Å². The van der Waals surface area contributed by atoms with Crippen LogP contribution in [0.4, 0.5) is 0 Å². The Balaban J connectivity index is 1.49. The van der Waals surface area contributed by atoms with Gasteiger partial charge in [0, 0.05) is 23.5 Å². The maximum absolute atomic E-state index is 5.52. The molecule has 0 fully saturated rings. The zero-order valence-electron chi connectivity index (χ0n) is 9.02. The molecular formula is C12H15NO2S. The summed E-state index contributed by atoms with van der Waals surface area (Å²) < 4.78 is 10.5. The minimum Gasteiger partial charge on any atom is -0.472 e. The van der Waals surface area contributed by atoms with Gasteiger partial charge in [0.25, 0.3) is 0 Å². The van der Waals surface area contributed by atoms with Crippen LogP contribution >= 0.6 is 11.3 Å². The predicted molar refractivity (Wildman–Crippen MR) is 64.4 cm³/mol. The van der Waals surface area contributed by atoms with Crippen molar-refractivity contribution in [3.8, 4) is 0 Å². The minimum absolute atomic E-state index is 0.713. The fourth-order valence-corrected chi connectivity index (χ4v) is 1.98. The molecule has 4 heteroatoms. The lowest BCUT2D eigenvalue weighted by Crippen LogP contribution is -2.18. The van der Waals surface area contributed by atoms with Gasteiger partial charge in [-0.2, -0.15) is 0 Å². The van der Waals surface area contributed by atoms with E-state index in [-0.39, 0.29) is 0 Å². The van der Waals surface area contributed by atoms with Crippen molar-refractivity contribution in [3.05, 3.63) is 46.5 Å². The lowest BCUT2D eigenvalue weighted by atomic mass is 10.3. The molecule has 0 atom stereocenters. The van der Waals surface area contributed by atoms with Crippen molar-refractivity contribution in [2.45, 2.75) is 13.2 Å². The molecule has 0 bridgehead atoms. The summed E-state index contributed by atoms with van der Waals surface area (Å²) in [6.45, 7) is 3.14. The van der Waals surface area contributed by atoms with E-state index in [1.54, 1.807) is 23.9 Å². The van der Waals surface area contributed by atoms with Gasteiger partial charge in [0.05, 0.1) is 25.7 Å². The van der Waals surface area contributed by atoms with Gasteiger partial charge in [-0.1, -0.05) is 6.07 Å². The first-order valence-corrected chi connectivity index (χ1v) is 6.15. The van der Waals surface area contributed by atoms with Crippen LogP contribution in [0.2, 0.25) is 0 Å². The van der Waals surface area contributed by atoms with Gasteiger partial charge in [-0.05, 0) is 17.5 Å². The van der Waals surface area contributed by atoms with Crippen molar-refractivity contribution in [1.29, 1.82) is 0 Å². The molecule has 0 aliphatic carbocycles. The molecule has 0 radical (unpaired) electrons. The van der Waals surface area contributed by atoms with Crippen LogP contribution in [-0.4, -0.2) is 13.2 Å². The normalized spacial score (nSPS) is 10.8. The molecule has 86 valence electrons. The lowest BCUT2D eigenvalue weighted by molar-refractivity contribution is 0.124. The third-order valence-electron chi connectivity index (χ3n) is 2.16. The average molecular weight is 237 g/mol. The predicted octanol–water partition coefficient (Wildman–Crippen LogP) is 2.65.